The van der Waals surface area contributed by atoms with E-state index >= 15 is 0 Å². The van der Waals surface area contributed by atoms with E-state index in [1.807, 2.05) is 12.3 Å². The Balaban J connectivity index is 2.12. The smallest absolute Gasteiger partial charge is 0.358 e. The van der Waals surface area contributed by atoms with Crippen LogP contribution in [-0.4, -0.2) is 19.3 Å². The van der Waals surface area contributed by atoms with Gasteiger partial charge in [0.05, 0.1) is 6.20 Å². The van der Waals surface area contributed by atoms with E-state index in [0.29, 0.717) is 10.7 Å². The molecule has 0 fully saturated rings. The van der Waals surface area contributed by atoms with E-state index in [0.717, 1.165) is 10.0 Å². The third-order valence-electron chi connectivity index (χ3n) is 2.43. The first-order chi connectivity index (χ1) is 9.15. The summed E-state index contributed by atoms with van der Waals surface area (Å²) in [5.74, 6) is -0.0200. The van der Waals surface area contributed by atoms with Gasteiger partial charge in [0.15, 0.2) is 4.34 Å². The minimum Gasteiger partial charge on any atom is -0.358 e. The third-order valence-corrected chi connectivity index (χ3v) is 4.45. The van der Waals surface area contributed by atoms with Crippen LogP contribution in [0.5, 0.6) is 0 Å². The van der Waals surface area contributed by atoms with Crippen LogP contribution in [0.3, 0.4) is 0 Å². The fraction of sp³-hybridized carbons (Fsp3) is 0.0909. The van der Waals surface area contributed by atoms with Crippen molar-refractivity contribution in [1.82, 2.24) is 14.4 Å². The molecule has 0 N–H and O–H groups in total. The molecule has 3 aromatic heterocycles. The molecule has 6 nitrogen and oxygen atoms in total. The van der Waals surface area contributed by atoms with E-state index in [9.17, 15) is 10.1 Å². The number of aryl methyl sites for hydroxylation is 1. The molecule has 0 aromatic carbocycles. The van der Waals surface area contributed by atoms with E-state index in [1.165, 1.54) is 27.5 Å². The van der Waals surface area contributed by atoms with Crippen molar-refractivity contribution in [3.05, 3.63) is 45.6 Å². The lowest BCUT2D eigenvalue weighted by Gasteiger charge is -1.95. The van der Waals surface area contributed by atoms with Gasteiger partial charge in [0.2, 0.25) is 10.7 Å². The molecule has 0 saturated carbocycles. The quantitative estimate of drug-likeness (QED) is 0.547. The highest BCUT2D eigenvalue weighted by Crippen LogP contribution is 2.36. The first kappa shape index (κ1) is 12.1. The van der Waals surface area contributed by atoms with E-state index in [-0.39, 0.29) is 5.82 Å². The Morgan fingerprint density at radius 2 is 2.26 bits per heavy atom. The number of aromatic nitrogens is 3. The Labute approximate surface area is 116 Å². The Morgan fingerprint density at radius 3 is 2.95 bits per heavy atom. The predicted molar refractivity (Wildman–Crippen MR) is 72.8 cm³/mol. The maximum atomic E-state index is 11.2. The molecule has 0 aliphatic carbocycles. The Hall–Kier alpha value is -1.93. The van der Waals surface area contributed by atoms with Crippen molar-refractivity contribution in [2.24, 2.45) is 0 Å². The number of thiazole rings is 1. The largest absolute Gasteiger partial charge is 0.362 e. The van der Waals surface area contributed by atoms with Gasteiger partial charge in [-0.05, 0) is 29.7 Å². The highest BCUT2D eigenvalue weighted by molar-refractivity contribution is 8.01. The van der Waals surface area contributed by atoms with Crippen LogP contribution in [-0.2, 0) is 0 Å². The number of nitro groups is 1. The molecule has 3 aromatic rings. The normalized spacial score (nSPS) is 11.0. The number of rotatable bonds is 3. The summed E-state index contributed by atoms with van der Waals surface area (Å²) in [6.45, 7) is 1.89. The Bertz CT molecular complexity index is 765. The van der Waals surface area contributed by atoms with Gasteiger partial charge in [0, 0.05) is 17.1 Å². The first-order valence-corrected chi connectivity index (χ1v) is 7.06. The van der Waals surface area contributed by atoms with Crippen molar-refractivity contribution >= 4 is 34.6 Å². The van der Waals surface area contributed by atoms with Gasteiger partial charge in [-0.15, -0.1) is 11.3 Å². The van der Waals surface area contributed by atoms with Crippen molar-refractivity contribution in [3.63, 3.8) is 0 Å². The van der Waals surface area contributed by atoms with Crippen molar-refractivity contribution < 1.29 is 4.92 Å². The molecule has 3 heterocycles. The highest BCUT2D eigenvalue weighted by Gasteiger charge is 2.23. The second-order valence-electron chi connectivity index (χ2n) is 3.78. The van der Waals surface area contributed by atoms with E-state index in [4.69, 9.17) is 0 Å². The topological polar surface area (TPSA) is 73.3 Å². The molecule has 0 atom stereocenters. The molecule has 0 spiro atoms. The molecule has 0 aliphatic heterocycles. The second kappa shape index (κ2) is 4.63. The number of pyridine rings is 1. The maximum absolute atomic E-state index is 11.2. The zero-order valence-electron chi connectivity index (χ0n) is 9.81. The number of hydrogen-bond acceptors (Lipinski definition) is 6. The third kappa shape index (κ3) is 2.20. The van der Waals surface area contributed by atoms with Crippen LogP contribution in [0, 0.1) is 17.0 Å². The van der Waals surface area contributed by atoms with Crippen LogP contribution < -0.4 is 0 Å². The average Bonchev–Trinajstić information content (AvgIpc) is 2.92. The fourth-order valence-electron chi connectivity index (χ4n) is 1.66. The van der Waals surface area contributed by atoms with Gasteiger partial charge in [-0.25, -0.2) is 4.98 Å². The molecule has 0 amide bonds. The molecule has 0 saturated heterocycles. The van der Waals surface area contributed by atoms with Crippen LogP contribution in [0.25, 0.3) is 5.65 Å². The summed E-state index contributed by atoms with van der Waals surface area (Å²) in [5.41, 5.74) is 1.46. The molecule has 96 valence electrons. The summed E-state index contributed by atoms with van der Waals surface area (Å²) in [5, 5.41) is 13.5. The van der Waals surface area contributed by atoms with Crippen LogP contribution in [0.1, 0.15) is 5.69 Å². The predicted octanol–water partition coefficient (Wildman–Crippen LogP) is 3.16. The molecule has 19 heavy (non-hydrogen) atoms. The molecule has 8 heteroatoms. The number of nitrogens with zero attached hydrogens (tertiary/aromatic N) is 4. The fourth-order valence-corrected chi connectivity index (χ4v) is 3.51. The van der Waals surface area contributed by atoms with E-state index in [1.54, 1.807) is 24.4 Å². The molecule has 0 radical (unpaired) electrons. The van der Waals surface area contributed by atoms with Gasteiger partial charge in [-0.1, -0.05) is 6.07 Å². The summed E-state index contributed by atoms with van der Waals surface area (Å²) in [6.07, 6.45) is 1.64. The molecule has 0 unspecified atom stereocenters. The molecular weight excluding hydrogens is 284 g/mol. The summed E-state index contributed by atoms with van der Waals surface area (Å²) in [4.78, 5) is 19.4. The second-order valence-corrected chi connectivity index (χ2v) is 5.88. The van der Waals surface area contributed by atoms with E-state index < -0.39 is 4.92 Å². The SMILES string of the molecule is Cc1csc(Sc2nc3ccccn3c2[N+](=O)[O-])n1. The van der Waals surface area contributed by atoms with Crippen LogP contribution in [0.4, 0.5) is 5.82 Å². The van der Waals surface area contributed by atoms with Gasteiger partial charge in [0.25, 0.3) is 0 Å². The molecule has 0 aliphatic rings. The van der Waals surface area contributed by atoms with Crippen LogP contribution in [0.15, 0.2) is 39.1 Å². The standard InChI is InChI=1S/C11H8N4O2S2/c1-7-6-18-11(12-7)19-9-10(15(16)17)14-5-3-2-4-8(14)13-9/h2-6H,1H3. The van der Waals surface area contributed by atoms with Crippen molar-refractivity contribution in [1.29, 1.82) is 0 Å². The lowest BCUT2D eigenvalue weighted by Crippen LogP contribution is -1.94. The van der Waals surface area contributed by atoms with Crippen LogP contribution in [0.2, 0.25) is 0 Å². The maximum Gasteiger partial charge on any atom is 0.362 e. The Kier molecular flexibility index (Phi) is 2.96. The molecule has 0 bridgehead atoms. The lowest BCUT2D eigenvalue weighted by atomic mass is 10.5. The van der Waals surface area contributed by atoms with Crippen molar-refractivity contribution in [3.8, 4) is 0 Å². The molecular formula is C11H8N4O2S2. The van der Waals surface area contributed by atoms with E-state index in [2.05, 4.69) is 9.97 Å². The lowest BCUT2D eigenvalue weighted by molar-refractivity contribution is -0.393. The summed E-state index contributed by atoms with van der Waals surface area (Å²) in [6, 6.07) is 5.28. The van der Waals surface area contributed by atoms with Gasteiger partial charge in [0.1, 0.15) is 0 Å². The zero-order valence-corrected chi connectivity index (χ0v) is 11.4. The Morgan fingerprint density at radius 1 is 1.42 bits per heavy atom. The zero-order chi connectivity index (χ0) is 13.4. The minimum absolute atomic E-state index is 0.0200. The van der Waals surface area contributed by atoms with Crippen LogP contribution >= 0.6 is 23.1 Å². The van der Waals surface area contributed by atoms with Gasteiger partial charge < -0.3 is 10.1 Å². The van der Waals surface area contributed by atoms with Crippen molar-refractivity contribution in [2.75, 3.05) is 0 Å². The van der Waals surface area contributed by atoms with Crippen molar-refractivity contribution in [2.45, 2.75) is 16.3 Å². The monoisotopic (exact) mass is 292 g/mol. The summed E-state index contributed by atoms with van der Waals surface area (Å²) in [7, 11) is 0. The van der Waals surface area contributed by atoms with Gasteiger partial charge >= 0.3 is 5.82 Å². The number of hydrogen-bond donors (Lipinski definition) is 0. The number of fused-ring (bicyclic) bond motifs is 1. The number of imidazole rings is 1. The summed E-state index contributed by atoms with van der Waals surface area (Å²) < 4.78 is 2.23. The summed E-state index contributed by atoms with van der Waals surface area (Å²) >= 11 is 2.68. The van der Waals surface area contributed by atoms with Gasteiger partial charge in [-0.2, -0.15) is 9.38 Å². The average molecular weight is 292 g/mol. The minimum atomic E-state index is -0.414. The highest BCUT2D eigenvalue weighted by atomic mass is 32.2. The van der Waals surface area contributed by atoms with Gasteiger partial charge in [-0.3, -0.25) is 0 Å². The molecule has 3 rings (SSSR count). The first-order valence-electron chi connectivity index (χ1n) is 5.36.